The Bertz CT molecular complexity index is 852. The molecule has 2 aliphatic heterocycles. The van der Waals surface area contributed by atoms with Crippen molar-refractivity contribution in [1.82, 2.24) is 4.31 Å². The predicted molar refractivity (Wildman–Crippen MR) is 81.1 cm³/mol. The number of benzene rings is 2. The van der Waals surface area contributed by atoms with Crippen LogP contribution in [0.5, 0.6) is 0 Å². The summed E-state index contributed by atoms with van der Waals surface area (Å²) >= 11 is 0.169. The molecule has 0 N–H and O–H groups in total. The van der Waals surface area contributed by atoms with Gasteiger partial charge in [-0.2, -0.15) is 0 Å². The molecule has 1 aliphatic carbocycles. The maximum atomic E-state index is 12.8. The third-order valence-electron chi connectivity index (χ3n) is 4.87. The second kappa shape index (κ2) is 3.79. The third kappa shape index (κ3) is 1.36. The van der Waals surface area contributed by atoms with Gasteiger partial charge in [0.05, 0.1) is 0 Å². The van der Waals surface area contributed by atoms with Crippen LogP contribution in [-0.4, -0.2) is 38.7 Å². The molecule has 106 valence electrons. The van der Waals surface area contributed by atoms with Crippen molar-refractivity contribution in [2.24, 2.45) is 5.92 Å². The van der Waals surface area contributed by atoms with Crippen molar-refractivity contribution in [2.75, 3.05) is 6.54 Å². The minimum absolute atomic E-state index is 0.110. The molecular formula is C16H13NO2SSe. The molecule has 0 spiro atoms. The second-order valence-electron chi connectivity index (χ2n) is 5.83. The quantitative estimate of drug-likeness (QED) is 0.752. The number of sulfonamides is 1. The van der Waals surface area contributed by atoms with Crippen molar-refractivity contribution in [3.05, 3.63) is 60.2 Å². The van der Waals surface area contributed by atoms with Crippen molar-refractivity contribution in [3.63, 3.8) is 0 Å². The van der Waals surface area contributed by atoms with E-state index in [0.717, 1.165) is 5.56 Å². The van der Waals surface area contributed by atoms with E-state index < -0.39 is 10.0 Å². The summed E-state index contributed by atoms with van der Waals surface area (Å²) in [5, 5.41) is 0. The molecule has 0 aromatic heterocycles. The fraction of sp³-hybridized carbons (Fsp3) is 0.250. The van der Waals surface area contributed by atoms with Crippen molar-refractivity contribution in [2.45, 2.75) is 15.3 Å². The molecule has 2 aromatic rings. The summed E-state index contributed by atoms with van der Waals surface area (Å²) in [4.78, 5) is 0.537. The van der Waals surface area contributed by atoms with Crippen LogP contribution in [0.1, 0.15) is 11.5 Å². The molecule has 5 rings (SSSR count). The van der Waals surface area contributed by atoms with E-state index >= 15 is 0 Å². The van der Waals surface area contributed by atoms with Gasteiger partial charge in [-0.1, -0.05) is 0 Å². The van der Waals surface area contributed by atoms with Crippen molar-refractivity contribution < 1.29 is 8.42 Å². The summed E-state index contributed by atoms with van der Waals surface area (Å²) < 4.78 is 28.6. The van der Waals surface area contributed by atoms with Gasteiger partial charge in [-0.3, -0.25) is 0 Å². The second-order valence-corrected chi connectivity index (χ2v) is 10.4. The van der Waals surface area contributed by atoms with Crippen LogP contribution in [0, 0.1) is 5.92 Å². The van der Waals surface area contributed by atoms with Gasteiger partial charge in [-0.05, 0) is 0 Å². The zero-order valence-corrected chi connectivity index (χ0v) is 13.7. The Labute approximate surface area is 130 Å². The molecule has 3 aliphatic rings. The molecule has 0 radical (unpaired) electrons. The van der Waals surface area contributed by atoms with Gasteiger partial charge in [-0.15, -0.1) is 0 Å². The molecule has 0 bridgehead atoms. The van der Waals surface area contributed by atoms with Gasteiger partial charge in [0.2, 0.25) is 0 Å². The summed E-state index contributed by atoms with van der Waals surface area (Å²) in [7, 11) is -3.29. The molecule has 3 nitrogen and oxygen atoms in total. The van der Waals surface area contributed by atoms with Gasteiger partial charge in [0.15, 0.2) is 0 Å². The Morgan fingerprint density at radius 1 is 1.05 bits per heavy atom. The first-order valence-electron chi connectivity index (χ1n) is 7.01. The zero-order valence-electron chi connectivity index (χ0n) is 11.1. The average Bonchev–Trinajstić information content (AvgIpc) is 3.02. The summed E-state index contributed by atoms with van der Waals surface area (Å²) in [6, 6.07) is 17.9. The number of hydrogen-bond donors (Lipinski definition) is 0. The Morgan fingerprint density at radius 2 is 1.76 bits per heavy atom. The van der Waals surface area contributed by atoms with Crippen LogP contribution >= 0.6 is 0 Å². The van der Waals surface area contributed by atoms with Crippen molar-refractivity contribution in [1.29, 1.82) is 0 Å². The van der Waals surface area contributed by atoms with Crippen LogP contribution in [-0.2, 0) is 10.0 Å². The van der Waals surface area contributed by atoms with Crippen molar-refractivity contribution >= 4 is 29.4 Å². The van der Waals surface area contributed by atoms with Gasteiger partial charge < -0.3 is 0 Å². The molecule has 21 heavy (non-hydrogen) atoms. The SMILES string of the molecule is O=S1(=O)c2ccccc2C2C3CN1C32[Se]c1ccccc1. The Balaban J connectivity index is 1.65. The first-order chi connectivity index (χ1) is 10.2. The first-order valence-corrected chi connectivity index (χ1v) is 10.2. The van der Waals surface area contributed by atoms with Crippen molar-refractivity contribution in [3.8, 4) is 0 Å². The molecule has 0 amide bonds. The Morgan fingerprint density at radius 3 is 2.57 bits per heavy atom. The standard InChI is InChI=1S/C16H13NO2SSe/c18-20(19)14-9-5-4-8-12(14)15-13-10-17(20)16(13,15)21-11-6-2-1-3-7-11/h1-9,13,15H,10H2. The monoisotopic (exact) mass is 363 g/mol. The molecule has 2 fully saturated rings. The van der Waals surface area contributed by atoms with Crippen LogP contribution in [0.25, 0.3) is 0 Å². The molecule has 5 heteroatoms. The molecule has 3 atom stereocenters. The summed E-state index contributed by atoms with van der Waals surface area (Å²) in [5.41, 5.74) is 1.05. The van der Waals surface area contributed by atoms with Gasteiger partial charge in [0.1, 0.15) is 0 Å². The van der Waals surface area contributed by atoms with Gasteiger partial charge in [0, 0.05) is 0 Å². The van der Waals surface area contributed by atoms with Crippen LogP contribution in [0.4, 0.5) is 0 Å². The molecule has 3 unspecified atom stereocenters. The summed E-state index contributed by atoms with van der Waals surface area (Å²) in [5.74, 6) is 0.938. The van der Waals surface area contributed by atoms with Crippen LogP contribution < -0.4 is 4.46 Å². The fourth-order valence-electron chi connectivity index (χ4n) is 3.89. The Hall–Kier alpha value is -1.13. The van der Waals surface area contributed by atoms with E-state index in [1.165, 1.54) is 4.46 Å². The van der Waals surface area contributed by atoms with E-state index in [0.29, 0.717) is 23.3 Å². The van der Waals surface area contributed by atoms with Gasteiger partial charge in [0.25, 0.3) is 0 Å². The third-order valence-corrected chi connectivity index (χ3v) is 10.5. The number of fused-ring (bicyclic) bond motifs is 3. The summed E-state index contributed by atoms with van der Waals surface area (Å²) in [6.45, 7) is 0.705. The van der Waals surface area contributed by atoms with E-state index in [1.54, 1.807) is 10.4 Å². The van der Waals surface area contributed by atoms with E-state index in [1.807, 2.05) is 36.4 Å². The van der Waals surface area contributed by atoms with Crippen LogP contribution in [0.2, 0.25) is 0 Å². The molecule has 1 saturated heterocycles. The van der Waals surface area contributed by atoms with Gasteiger partial charge in [-0.25, -0.2) is 0 Å². The zero-order chi connectivity index (χ0) is 14.2. The van der Waals surface area contributed by atoms with E-state index in [2.05, 4.69) is 12.1 Å². The molecule has 2 heterocycles. The first kappa shape index (κ1) is 12.4. The van der Waals surface area contributed by atoms with Gasteiger partial charge >= 0.3 is 130 Å². The number of rotatable bonds is 2. The van der Waals surface area contributed by atoms with Crippen LogP contribution in [0.3, 0.4) is 0 Å². The molecular weight excluding hydrogens is 349 g/mol. The average molecular weight is 362 g/mol. The summed E-state index contributed by atoms with van der Waals surface area (Å²) in [6.07, 6.45) is 0. The fourth-order valence-corrected chi connectivity index (χ4v) is 9.93. The van der Waals surface area contributed by atoms with E-state index in [-0.39, 0.29) is 19.4 Å². The molecule has 2 aromatic carbocycles. The molecule has 1 saturated carbocycles. The van der Waals surface area contributed by atoms with E-state index in [4.69, 9.17) is 0 Å². The maximum absolute atomic E-state index is 12.8. The normalized spacial score (nSPS) is 34.5. The minimum atomic E-state index is -3.29. The topological polar surface area (TPSA) is 37.4 Å². The Kier molecular flexibility index (Phi) is 2.24. The number of nitrogens with zero attached hydrogens (tertiary/aromatic N) is 1. The number of hydrogen-bond acceptors (Lipinski definition) is 2. The van der Waals surface area contributed by atoms with Crippen LogP contribution in [0.15, 0.2) is 59.5 Å². The predicted octanol–water partition coefficient (Wildman–Crippen LogP) is 1.14. The van der Waals surface area contributed by atoms with E-state index in [9.17, 15) is 8.42 Å².